The number of benzene rings is 1. The van der Waals surface area contributed by atoms with E-state index in [-0.39, 0.29) is 0 Å². The third kappa shape index (κ3) is 3.02. The van der Waals surface area contributed by atoms with Crippen LogP contribution in [0.15, 0.2) is 18.2 Å². The first kappa shape index (κ1) is 12.9. The molecule has 0 saturated heterocycles. The second-order valence-corrected chi connectivity index (χ2v) is 5.91. The Morgan fingerprint density at radius 3 is 2.65 bits per heavy atom. The molecule has 0 spiro atoms. The van der Waals surface area contributed by atoms with Gasteiger partial charge in [0.15, 0.2) is 0 Å². The average molecular weight is 252 g/mol. The Kier molecular flexibility index (Phi) is 4.11. The molecule has 17 heavy (non-hydrogen) atoms. The van der Waals surface area contributed by atoms with Crippen LogP contribution < -0.4 is 5.32 Å². The third-order valence-corrected chi connectivity index (χ3v) is 4.56. The Morgan fingerprint density at radius 2 is 2.06 bits per heavy atom. The number of nitrogens with one attached hydrogen (secondary N) is 1. The van der Waals surface area contributed by atoms with Crippen LogP contribution in [0.5, 0.6) is 0 Å². The summed E-state index contributed by atoms with van der Waals surface area (Å²) in [5.41, 5.74) is 2.64. The molecule has 1 fully saturated rings. The summed E-state index contributed by atoms with van der Waals surface area (Å²) in [6, 6.07) is 6.83. The number of hydrogen-bond donors (Lipinski definition) is 1. The molecule has 0 bridgehead atoms. The molecule has 0 aromatic heterocycles. The maximum absolute atomic E-state index is 5.97. The zero-order valence-electron chi connectivity index (χ0n) is 11.0. The fraction of sp³-hybridized carbons (Fsp3) is 0.600. The topological polar surface area (TPSA) is 12.0 Å². The van der Waals surface area contributed by atoms with Gasteiger partial charge in [0.2, 0.25) is 0 Å². The summed E-state index contributed by atoms with van der Waals surface area (Å²) in [4.78, 5) is 0. The minimum atomic E-state index is 0.681. The van der Waals surface area contributed by atoms with E-state index in [1.807, 2.05) is 12.1 Å². The van der Waals surface area contributed by atoms with E-state index >= 15 is 0 Å². The van der Waals surface area contributed by atoms with E-state index in [1.54, 1.807) is 0 Å². The van der Waals surface area contributed by atoms with E-state index in [9.17, 15) is 0 Å². The van der Waals surface area contributed by atoms with Crippen molar-refractivity contribution in [2.45, 2.75) is 46.2 Å². The van der Waals surface area contributed by atoms with E-state index in [1.165, 1.54) is 24.0 Å². The minimum Gasteiger partial charge on any atom is -0.310 e. The van der Waals surface area contributed by atoms with Crippen LogP contribution in [0.3, 0.4) is 0 Å². The highest BCUT2D eigenvalue weighted by Gasteiger charge is 2.28. The van der Waals surface area contributed by atoms with Crippen molar-refractivity contribution in [2.75, 3.05) is 0 Å². The second-order valence-electron chi connectivity index (χ2n) is 5.47. The molecule has 0 radical (unpaired) electrons. The van der Waals surface area contributed by atoms with Gasteiger partial charge in [-0.3, -0.25) is 0 Å². The molecule has 1 aliphatic rings. The van der Waals surface area contributed by atoms with Crippen LogP contribution in [-0.4, -0.2) is 6.04 Å². The molecule has 1 aliphatic carbocycles. The predicted octanol–water partition coefficient (Wildman–Crippen LogP) is 4.17. The monoisotopic (exact) mass is 251 g/mol. The molecule has 1 aromatic carbocycles. The number of aryl methyl sites for hydroxylation is 1. The van der Waals surface area contributed by atoms with Gasteiger partial charge in [-0.05, 0) is 54.9 Å². The van der Waals surface area contributed by atoms with Gasteiger partial charge in [0.05, 0.1) is 0 Å². The summed E-state index contributed by atoms with van der Waals surface area (Å²) in [7, 11) is 0. The van der Waals surface area contributed by atoms with E-state index in [2.05, 4.69) is 32.2 Å². The highest BCUT2D eigenvalue weighted by atomic mass is 35.5. The summed E-state index contributed by atoms with van der Waals surface area (Å²) < 4.78 is 0. The van der Waals surface area contributed by atoms with Crippen LogP contribution in [0.25, 0.3) is 0 Å². The summed E-state index contributed by atoms with van der Waals surface area (Å²) in [5, 5.41) is 4.52. The first-order valence-corrected chi connectivity index (χ1v) is 6.94. The molecule has 1 saturated carbocycles. The first-order valence-electron chi connectivity index (χ1n) is 6.56. The van der Waals surface area contributed by atoms with Crippen molar-refractivity contribution in [3.05, 3.63) is 34.3 Å². The Balaban J connectivity index is 1.94. The summed E-state index contributed by atoms with van der Waals surface area (Å²) in [5.74, 6) is 1.65. The second kappa shape index (κ2) is 5.41. The van der Waals surface area contributed by atoms with Gasteiger partial charge in [-0.2, -0.15) is 0 Å². The normalized spacial score (nSPS) is 28.6. The molecule has 1 aromatic rings. The van der Waals surface area contributed by atoms with Gasteiger partial charge in [-0.15, -0.1) is 0 Å². The van der Waals surface area contributed by atoms with Gasteiger partial charge < -0.3 is 5.32 Å². The maximum atomic E-state index is 5.97. The maximum Gasteiger partial charge on any atom is 0.0408 e. The van der Waals surface area contributed by atoms with Crippen molar-refractivity contribution in [3.8, 4) is 0 Å². The molecule has 2 rings (SSSR count). The first-order chi connectivity index (χ1) is 8.08. The Labute approximate surface area is 110 Å². The molecule has 94 valence electrons. The lowest BCUT2D eigenvalue weighted by atomic mass is 9.97. The third-order valence-electron chi connectivity index (χ3n) is 4.32. The lowest BCUT2D eigenvalue weighted by Crippen LogP contribution is -2.32. The van der Waals surface area contributed by atoms with Crippen LogP contribution in [0.2, 0.25) is 5.02 Å². The van der Waals surface area contributed by atoms with Crippen molar-refractivity contribution in [2.24, 2.45) is 11.8 Å². The van der Waals surface area contributed by atoms with Crippen LogP contribution >= 0.6 is 11.6 Å². The van der Waals surface area contributed by atoms with Gasteiger partial charge in [-0.25, -0.2) is 0 Å². The molecule has 0 heterocycles. The van der Waals surface area contributed by atoms with Crippen molar-refractivity contribution < 1.29 is 0 Å². The molecule has 3 atom stereocenters. The molecule has 0 amide bonds. The SMILES string of the molecule is Cc1cc(Cl)ccc1CNC1CCC(C)C1C. The number of hydrogen-bond acceptors (Lipinski definition) is 1. The van der Waals surface area contributed by atoms with Crippen molar-refractivity contribution >= 4 is 11.6 Å². The molecule has 1 N–H and O–H groups in total. The zero-order valence-corrected chi connectivity index (χ0v) is 11.7. The fourth-order valence-electron chi connectivity index (χ4n) is 2.75. The standard InChI is InChI=1S/C15H22ClN/c1-10-4-7-15(12(10)3)17-9-13-5-6-14(16)8-11(13)2/h5-6,8,10,12,15,17H,4,7,9H2,1-3H3. The smallest absolute Gasteiger partial charge is 0.0408 e. The van der Waals surface area contributed by atoms with Gasteiger partial charge in [0, 0.05) is 17.6 Å². The van der Waals surface area contributed by atoms with E-state index < -0.39 is 0 Å². The molecule has 1 nitrogen and oxygen atoms in total. The van der Waals surface area contributed by atoms with Crippen molar-refractivity contribution in [3.63, 3.8) is 0 Å². The molecular formula is C15H22ClN. The predicted molar refractivity (Wildman–Crippen MR) is 74.4 cm³/mol. The number of halogens is 1. The quantitative estimate of drug-likeness (QED) is 0.850. The van der Waals surface area contributed by atoms with E-state index in [0.717, 1.165) is 23.4 Å². The molecule has 3 unspecified atom stereocenters. The molecular weight excluding hydrogens is 230 g/mol. The number of rotatable bonds is 3. The van der Waals surface area contributed by atoms with Crippen molar-refractivity contribution in [1.82, 2.24) is 5.32 Å². The lowest BCUT2D eigenvalue weighted by Gasteiger charge is -2.20. The van der Waals surface area contributed by atoms with Gasteiger partial charge in [0.1, 0.15) is 0 Å². The highest BCUT2D eigenvalue weighted by Crippen LogP contribution is 2.31. The zero-order chi connectivity index (χ0) is 12.4. The van der Waals surface area contributed by atoms with Crippen LogP contribution in [0.4, 0.5) is 0 Å². The fourth-order valence-corrected chi connectivity index (χ4v) is 2.98. The largest absolute Gasteiger partial charge is 0.310 e. The summed E-state index contributed by atoms with van der Waals surface area (Å²) in [6.07, 6.45) is 2.67. The van der Waals surface area contributed by atoms with Crippen LogP contribution in [0.1, 0.15) is 37.8 Å². The van der Waals surface area contributed by atoms with Crippen LogP contribution in [0, 0.1) is 18.8 Å². The van der Waals surface area contributed by atoms with Gasteiger partial charge in [0.25, 0.3) is 0 Å². The van der Waals surface area contributed by atoms with E-state index in [0.29, 0.717) is 6.04 Å². The molecule has 2 heteroatoms. The highest BCUT2D eigenvalue weighted by molar-refractivity contribution is 6.30. The Hall–Kier alpha value is -0.530. The Bertz CT molecular complexity index is 389. The average Bonchev–Trinajstić information content (AvgIpc) is 2.59. The summed E-state index contributed by atoms with van der Waals surface area (Å²) >= 11 is 5.97. The van der Waals surface area contributed by atoms with Gasteiger partial charge in [-0.1, -0.05) is 31.5 Å². The summed E-state index contributed by atoms with van der Waals surface area (Å²) in [6.45, 7) is 7.82. The lowest BCUT2D eigenvalue weighted by molar-refractivity contribution is 0.369. The van der Waals surface area contributed by atoms with E-state index in [4.69, 9.17) is 11.6 Å². The Morgan fingerprint density at radius 1 is 1.29 bits per heavy atom. The minimum absolute atomic E-state index is 0.681. The molecule has 0 aliphatic heterocycles. The van der Waals surface area contributed by atoms with Gasteiger partial charge >= 0.3 is 0 Å². The van der Waals surface area contributed by atoms with Crippen LogP contribution in [-0.2, 0) is 6.54 Å². The van der Waals surface area contributed by atoms with Crippen molar-refractivity contribution in [1.29, 1.82) is 0 Å².